The molecule has 2 aromatic carbocycles. The fourth-order valence-electron chi connectivity index (χ4n) is 2.59. The van der Waals surface area contributed by atoms with Crippen molar-refractivity contribution in [3.8, 4) is 5.75 Å². The molecule has 0 aliphatic carbocycles. The maximum absolute atomic E-state index is 12.6. The Balaban J connectivity index is 1.65. The first-order valence-corrected chi connectivity index (χ1v) is 8.86. The van der Waals surface area contributed by atoms with Gasteiger partial charge in [-0.2, -0.15) is 0 Å². The van der Waals surface area contributed by atoms with Crippen LogP contribution >= 0.6 is 0 Å². The number of para-hydroxylation sites is 1. The molecule has 0 spiro atoms. The van der Waals surface area contributed by atoms with Gasteiger partial charge in [-0.05, 0) is 62.4 Å². The summed E-state index contributed by atoms with van der Waals surface area (Å²) >= 11 is 0. The van der Waals surface area contributed by atoms with Gasteiger partial charge in [-0.1, -0.05) is 18.2 Å². The van der Waals surface area contributed by atoms with Crippen molar-refractivity contribution in [2.75, 3.05) is 17.3 Å². The summed E-state index contributed by atoms with van der Waals surface area (Å²) in [5.41, 5.74) is 2.28. The van der Waals surface area contributed by atoms with Crippen molar-refractivity contribution < 1.29 is 9.53 Å². The van der Waals surface area contributed by atoms with Gasteiger partial charge >= 0.3 is 0 Å². The van der Waals surface area contributed by atoms with Crippen molar-refractivity contribution in [2.45, 2.75) is 20.0 Å². The minimum absolute atomic E-state index is 0.101. The average Bonchev–Trinajstić information content (AvgIpc) is 2.69. The van der Waals surface area contributed by atoms with Crippen LogP contribution in [0.1, 0.15) is 24.2 Å². The lowest BCUT2D eigenvalue weighted by atomic mass is 10.2. The molecule has 0 atom stereocenters. The highest BCUT2D eigenvalue weighted by molar-refractivity contribution is 6.05. The van der Waals surface area contributed by atoms with E-state index < -0.39 is 0 Å². The van der Waals surface area contributed by atoms with Crippen LogP contribution in [-0.2, 0) is 0 Å². The lowest BCUT2D eigenvalue weighted by Gasteiger charge is -2.17. The van der Waals surface area contributed by atoms with E-state index in [-0.39, 0.29) is 12.0 Å². The standard InChI is InChI=1S/C22H23N3O2/c1-16(2)27-20-12-10-18(11-13-20)24-21-14-9-17(15-23-21)22(26)25(3)19-7-5-4-6-8-19/h4-16H,1-3H3,(H,23,24). The number of benzene rings is 2. The average molecular weight is 361 g/mol. The van der Waals surface area contributed by atoms with Crippen molar-refractivity contribution in [3.05, 3.63) is 78.5 Å². The monoisotopic (exact) mass is 361 g/mol. The summed E-state index contributed by atoms with van der Waals surface area (Å²) in [4.78, 5) is 18.6. The van der Waals surface area contributed by atoms with Crippen molar-refractivity contribution in [1.82, 2.24) is 4.98 Å². The molecule has 0 fully saturated rings. The van der Waals surface area contributed by atoms with Gasteiger partial charge in [0.25, 0.3) is 5.91 Å². The molecule has 3 rings (SSSR count). The van der Waals surface area contributed by atoms with Crippen LogP contribution in [0.25, 0.3) is 0 Å². The minimum Gasteiger partial charge on any atom is -0.491 e. The maximum atomic E-state index is 12.6. The largest absolute Gasteiger partial charge is 0.491 e. The number of carbonyl (C=O) groups is 1. The van der Waals surface area contributed by atoms with Gasteiger partial charge in [-0.25, -0.2) is 4.98 Å². The number of nitrogens with one attached hydrogen (secondary N) is 1. The van der Waals surface area contributed by atoms with Crippen molar-refractivity contribution in [1.29, 1.82) is 0 Å². The zero-order valence-electron chi connectivity index (χ0n) is 15.7. The molecule has 1 amide bonds. The summed E-state index contributed by atoms with van der Waals surface area (Å²) < 4.78 is 5.63. The molecule has 0 aliphatic rings. The highest BCUT2D eigenvalue weighted by Gasteiger charge is 2.13. The molecule has 27 heavy (non-hydrogen) atoms. The SMILES string of the molecule is CC(C)Oc1ccc(Nc2ccc(C(=O)N(C)c3ccccc3)cn2)cc1. The number of hydrogen-bond acceptors (Lipinski definition) is 4. The molecule has 0 radical (unpaired) electrons. The molecule has 1 aromatic heterocycles. The Kier molecular flexibility index (Phi) is 5.71. The number of aromatic nitrogens is 1. The van der Waals surface area contributed by atoms with E-state index in [1.165, 1.54) is 0 Å². The Morgan fingerprint density at radius 1 is 1.00 bits per heavy atom. The number of nitrogens with zero attached hydrogens (tertiary/aromatic N) is 2. The molecule has 1 heterocycles. The molecule has 3 aromatic rings. The molecule has 0 saturated carbocycles. The van der Waals surface area contributed by atoms with Gasteiger partial charge in [-0.3, -0.25) is 4.79 Å². The lowest BCUT2D eigenvalue weighted by molar-refractivity contribution is 0.0992. The molecular formula is C22H23N3O2. The summed E-state index contributed by atoms with van der Waals surface area (Å²) in [6.07, 6.45) is 1.73. The van der Waals surface area contributed by atoms with E-state index in [0.717, 1.165) is 17.1 Å². The topological polar surface area (TPSA) is 54.5 Å². The molecule has 0 aliphatic heterocycles. The first kappa shape index (κ1) is 18.5. The van der Waals surface area contributed by atoms with Crippen LogP contribution < -0.4 is 15.0 Å². The van der Waals surface area contributed by atoms with Crippen molar-refractivity contribution >= 4 is 23.1 Å². The summed E-state index contributed by atoms with van der Waals surface area (Å²) in [5.74, 6) is 1.40. The van der Waals surface area contributed by atoms with E-state index >= 15 is 0 Å². The van der Waals surface area contributed by atoms with E-state index in [4.69, 9.17) is 4.74 Å². The molecule has 138 valence electrons. The molecule has 0 saturated heterocycles. The quantitative estimate of drug-likeness (QED) is 0.679. The zero-order chi connectivity index (χ0) is 19.2. The Labute approximate surface area is 159 Å². The van der Waals surface area contributed by atoms with Crippen LogP contribution in [0.2, 0.25) is 0 Å². The predicted octanol–water partition coefficient (Wildman–Crippen LogP) is 4.89. The Hall–Kier alpha value is -3.34. The third-order valence-corrected chi connectivity index (χ3v) is 3.96. The molecule has 0 bridgehead atoms. The van der Waals surface area contributed by atoms with E-state index in [9.17, 15) is 4.79 Å². The third-order valence-electron chi connectivity index (χ3n) is 3.96. The van der Waals surface area contributed by atoms with Gasteiger partial charge < -0.3 is 15.0 Å². The second-order valence-electron chi connectivity index (χ2n) is 6.45. The predicted molar refractivity (Wildman–Crippen MR) is 109 cm³/mol. The number of hydrogen-bond donors (Lipinski definition) is 1. The fraction of sp³-hybridized carbons (Fsp3) is 0.182. The van der Waals surface area contributed by atoms with E-state index in [2.05, 4.69) is 10.3 Å². The number of ether oxygens (including phenoxy) is 1. The van der Waals surface area contributed by atoms with E-state index in [1.54, 1.807) is 30.3 Å². The van der Waals surface area contributed by atoms with Crippen LogP contribution in [-0.4, -0.2) is 24.0 Å². The van der Waals surface area contributed by atoms with Gasteiger partial charge in [0.1, 0.15) is 11.6 Å². The fourth-order valence-corrected chi connectivity index (χ4v) is 2.59. The normalized spacial score (nSPS) is 10.5. The van der Waals surface area contributed by atoms with Crippen LogP contribution in [0.3, 0.4) is 0 Å². The molecule has 0 unspecified atom stereocenters. The Morgan fingerprint density at radius 3 is 2.30 bits per heavy atom. The van der Waals surface area contributed by atoms with Crippen LogP contribution in [0.15, 0.2) is 72.9 Å². The van der Waals surface area contributed by atoms with Crippen LogP contribution in [0.4, 0.5) is 17.2 Å². The highest BCUT2D eigenvalue weighted by atomic mass is 16.5. The number of carbonyl (C=O) groups excluding carboxylic acids is 1. The number of rotatable bonds is 6. The first-order valence-electron chi connectivity index (χ1n) is 8.86. The van der Waals surface area contributed by atoms with Crippen molar-refractivity contribution in [2.24, 2.45) is 0 Å². The number of amides is 1. The summed E-state index contributed by atoms with van der Waals surface area (Å²) in [5, 5.41) is 3.22. The van der Waals surface area contributed by atoms with Gasteiger partial charge in [0, 0.05) is 24.6 Å². The highest BCUT2D eigenvalue weighted by Crippen LogP contribution is 2.20. The van der Waals surface area contributed by atoms with Gasteiger partial charge in [0.2, 0.25) is 0 Å². The minimum atomic E-state index is -0.101. The summed E-state index contributed by atoms with van der Waals surface area (Å²) in [7, 11) is 1.75. The molecular weight excluding hydrogens is 338 g/mol. The van der Waals surface area contributed by atoms with Crippen LogP contribution in [0.5, 0.6) is 5.75 Å². The van der Waals surface area contributed by atoms with E-state index in [0.29, 0.717) is 11.4 Å². The first-order chi connectivity index (χ1) is 13.0. The van der Waals surface area contributed by atoms with Gasteiger partial charge in [0.05, 0.1) is 11.7 Å². The Morgan fingerprint density at radius 2 is 1.70 bits per heavy atom. The summed E-state index contributed by atoms with van der Waals surface area (Å²) in [6.45, 7) is 3.99. The number of anilines is 3. The maximum Gasteiger partial charge on any atom is 0.259 e. The molecule has 5 nitrogen and oxygen atoms in total. The van der Waals surface area contributed by atoms with Gasteiger partial charge in [0.15, 0.2) is 0 Å². The second-order valence-corrected chi connectivity index (χ2v) is 6.45. The smallest absolute Gasteiger partial charge is 0.259 e. The molecule has 1 N–H and O–H groups in total. The Bertz CT molecular complexity index is 876. The van der Waals surface area contributed by atoms with E-state index in [1.807, 2.05) is 68.4 Å². The third kappa shape index (κ3) is 4.85. The van der Waals surface area contributed by atoms with Crippen molar-refractivity contribution in [3.63, 3.8) is 0 Å². The van der Waals surface area contributed by atoms with Gasteiger partial charge in [-0.15, -0.1) is 0 Å². The van der Waals surface area contributed by atoms with Crippen LogP contribution in [0, 0.1) is 0 Å². The number of pyridine rings is 1. The summed E-state index contributed by atoms with van der Waals surface area (Å²) in [6, 6.07) is 20.8. The second kappa shape index (κ2) is 8.36. The molecule has 5 heteroatoms. The lowest BCUT2D eigenvalue weighted by Crippen LogP contribution is -2.26. The zero-order valence-corrected chi connectivity index (χ0v) is 15.7.